The summed E-state index contributed by atoms with van der Waals surface area (Å²) in [5.74, 6) is -1.06. The van der Waals surface area contributed by atoms with Gasteiger partial charge in [0, 0.05) is 13.1 Å². The predicted octanol–water partition coefficient (Wildman–Crippen LogP) is 1.04. The fourth-order valence-corrected chi connectivity index (χ4v) is 3.95. The lowest BCUT2D eigenvalue weighted by Gasteiger charge is -2.32. The van der Waals surface area contributed by atoms with Crippen LogP contribution in [0.25, 0.3) is 11.0 Å². The Morgan fingerprint density at radius 2 is 1.96 bits per heavy atom. The van der Waals surface area contributed by atoms with Crippen LogP contribution in [0.5, 0.6) is 0 Å². The molecule has 1 amide bonds. The van der Waals surface area contributed by atoms with Gasteiger partial charge in [-0.25, -0.2) is 4.79 Å². The smallest absolute Gasteiger partial charge is 0.326 e. The number of para-hydroxylation sites is 2. The van der Waals surface area contributed by atoms with Gasteiger partial charge in [0.25, 0.3) is 0 Å². The first kappa shape index (κ1) is 15.0. The Balaban J connectivity index is 1.45. The van der Waals surface area contributed by atoms with Crippen molar-refractivity contribution in [3.63, 3.8) is 0 Å². The van der Waals surface area contributed by atoms with Gasteiger partial charge in [0.05, 0.1) is 17.0 Å². The number of carboxylic acids is 1. The number of aromatic amines is 1. The molecule has 0 radical (unpaired) electrons. The third-order valence-corrected chi connectivity index (χ3v) is 5.57. The molecule has 7 heteroatoms. The molecule has 1 spiro atoms. The number of fused-ring (bicyclic) bond motifs is 1. The van der Waals surface area contributed by atoms with E-state index in [0.29, 0.717) is 13.1 Å². The van der Waals surface area contributed by atoms with Crippen LogP contribution in [-0.2, 0) is 16.1 Å². The molecule has 1 saturated carbocycles. The Bertz CT molecular complexity index is 873. The summed E-state index contributed by atoms with van der Waals surface area (Å²) in [5.41, 5.74) is 1.05. The van der Waals surface area contributed by atoms with Gasteiger partial charge in [-0.15, -0.1) is 0 Å². The third kappa shape index (κ3) is 2.31. The van der Waals surface area contributed by atoms with Crippen molar-refractivity contribution in [2.24, 2.45) is 11.3 Å². The van der Waals surface area contributed by atoms with Crippen LogP contribution >= 0.6 is 0 Å². The molecule has 2 N–H and O–H groups in total. The van der Waals surface area contributed by atoms with Gasteiger partial charge in [0.2, 0.25) is 5.91 Å². The maximum absolute atomic E-state index is 12.5. The minimum Gasteiger partial charge on any atom is -0.481 e. The molecule has 0 bridgehead atoms. The summed E-state index contributed by atoms with van der Waals surface area (Å²) in [5, 5.41) is 9.13. The molecular weight excluding hydrogens is 310 g/mol. The van der Waals surface area contributed by atoms with Crippen LogP contribution in [0.15, 0.2) is 29.1 Å². The zero-order valence-corrected chi connectivity index (χ0v) is 13.2. The molecule has 24 heavy (non-hydrogen) atoms. The molecule has 7 nitrogen and oxygen atoms in total. The van der Waals surface area contributed by atoms with Crippen molar-refractivity contribution in [2.75, 3.05) is 13.1 Å². The number of benzene rings is 1. The molecule has 2 aromatic rings. The molecule has 1 aromatic carbocycles. The number of nitrogens with zero attached hydrogens (tertiary/aromatic N) is 2. The summed E-state index contributed by atoms with van der Waals surface area (Å²) in [7, 11) is 0. The van der Waals surface area contributed by atoms with E-state index in [9.17, 15) is 14.4 Å². The summed E-state index contributed by atoms with van der Waals surface area (Å²) in [6, 6.07) is 7.29. The highest BCUT2D eigenvalue weighted by atomic mass is 16.4. The second kappa shape index (κ2) is 5.22. The number of hydrogen-bond acceptors (Lipinski definition) is 3. The highest BCUT2D eigenvalue weighted by molar-refractivity contribution is 5.81. The number of aliphatic carboxylic acids is 1. The lowest BCUT2D eigenvalue weighted by molar-refractivity contribution is -0.140. The number of piperidine rings is 1. The first-order valence-corrected chi connectivity index (χ1v) is 8.18. The van der Waals surface area contributed by atoms with Gasteiger partial charge in [-0.3, -0.25) is 14.2 Å². The largest absolute Gasteiger partial charge is 0.481 e. The fraction of sp³-hybridized carbons (Fsp3) is 0.471. The molecule has 1 saturated heterocycles. The monoisotopic (exact) mass is 329 g/mol. The summed E-state index contributed by atoms with van der Waals surface area (Å²) in [4.78, 5) is 40.2. The predicted molar refractivity (Wildman–Crippen MR) is 86.5 cm³/mol. The van der Waals surface area contributed by atoms with Crippen molar-refractivity contribution in [1.82, 2.24) is 14.5 Å². The average Bonchev–Trinajstić information content (AvgIpc) is 3.18. The SMILES string of the molecule is O=C(O)C1CC12CCN(C(=O)Cn1c(=O)[nH]c3ccccc31)CC2. The first-order valence-electron chi connectivity index (χ1n) is 8.18. The first-order chi connectivity index (χ1) is 11.5. The van der Waals surface area contributed by atoms with Gasteiger partial charge in [0.1, 0.15) is 6.54 Å². The molecule has 126 valence electrons. The molecule has 2 fully saturated rings. The Morgan fingerprint density at radius 3 is 2.62 bits per heavy atom. The summed E-state index contributed by atoms with van der Waals surface area (Å²) in [6.45, 7) is 1.15. The second-order valence-electron chi connectivity index (χ2n) is 6.87. The standard InChI is InChI=1S/C17H19N3O4/c21-14(10-20-13-4-2-1-3-12(13)18-16(20)24)19-7-5-17(6-8-19)9-11(17)15(22)23/h1-4,11H,5-10H2,(H,18,24)(H,22,23). The molecule has 2 aliphatic rings. The highest BCUT2D eigenvalue weighted by Crippen LogP contribution is 2.59. The van der Waals surface area contributed by atoms with Crippen LogP contribution in [0.1, 0.15) is 19.3 Å². The number of amides is 1. The number of H-pyrrole nitrogens is 1. The zero-order chi connectivity index (χ0) is 16.9. The zero-order valence-electron chi connectivity index (χ0n) is 13.2. The summed E-state index contributed by atoms with van der Waals surface area (Å²) in [6.07, 6.45) is 2.20. The Labute approximate surface area is 137 Å². The molecule has 1 aliphatic carbocycles. The quantitative estimate of drug-likeness (QED) is 0.879. The third-order valence-electron chi connectivity index (χ3n) is 5.57. The molecule has 2 heterocycles. The normalized spacial score (nSPS) is 22.0. The van der Waals surface area contributed by atoms with Gasteiger partial charge in [-0.1, -0.05) is 12.1 Å². The van der Waals surface area contributed by atoms with Crippen molar-refractivity contribution in [3.05, 3.63) is 34.7 Å². The van der Waals surface area contributed by atoms with Crippen LogP contribution in [0.3, 0.4) is 0 Å². The van der Waals surface area contributed by atoms with E-state index in [4.69, 9.17) is 5.11 Å². The second-order valence-corrected chi connectivity index (χ2v) is 6.87. The van der Waals surface area contributed by atoms with Gasteiger partial charge >= 0.3 is 11.7 Å². The van der Waals surface area contributed by atoms with E-state index in [-0.39, 0.29) is 29.5 Å². The van der Waals surface area contributed by atoms with Crippen LogP contribution in [0.4, 0.5) is 0 Å². The van der Waals surface area contributed by atoms with Crippen LogP contribution in [-0.4, -0.2) is 44.5 Å². The van der Waals surface area contributed by atoms with E-state index < -0.39 is 5.97 Å². The van der Waals surface area contributed by atoms with Crippen molar-refractivity contribution >= 4 is 22.9 Å². The lowest BCUT2D eigenvalue weighted by Crippen LogP contribution is -2.42. The number of carbonyl (C=O) groups is 2. The Kier molecular flexibility index (Phi) is 3.26. The summed E-state index contributed by atoms with van der Waals surface area (Å²) < 4.78 is 1.46. The van der Waals surface area contributed by atoms with Gasteiger partial charge in [0.15, 0.2) is 0 Å². The maximum atomic E-state index is 12.5. The Morgan fingerprint density at radius 1 is 1.25 bits per heavy atom. The van der Waals surface area contributed by atoms with E-state index in [0.717, 1.165) is 30.3 Å². The van der Waals surface area contributed by atoms with Crippen molar-refractivity contribution in [1.29, 1.82) is 0 Å². The average molecular weight is 329 g/mol. The van der Waals surface area contributed by atoms with Gasteiger partial charge in [-0.2, -0.15) is 0 Å². The molecule has 1 aliphatic heterocycles. The number of likely N-dealkylation sites (tertiary alicyclic amines) is 1. The molecule has 1 unspecified atom stereocenters. The minimum absolute atomic E-state index is 0.0121. The maximum Gasteiger partial charge on any atom is 0.326 e. The Hall–Kier alpha value is -2.57. The number of carbonyl (C=O) groups excluding carboxylic acids is 1. The molecule has 4 rings (SSSR count). The van der Waals surface area contributed by atoms with Gasteiger partial charge in [-0.05, 0) is 36.8 Å². The van der Waals surface area contributed by atoms with Crippen LogP contribution < -0.4 is 5.69 Å². The van der Waals surface area contributed by atoms with Gasteiger partial charge < -0.3 is 15.0 Å². The van der Waals surface area contributed by atoms with Crippen molar-refractivity contribution in [2.45, 2.75) is 25.8 Å². The number of aromatic nitrogens is 2. The highest BCUT2D eigenvalue weighted by Gasteiger charge is 2.59. The molecule has 1 aromatic heterocycles. The number of nitrogens with one attached hydrogen (secondary N) is 1. The number of imidazole rings is 1. The van der Waals surface area contributed by atoms with E-state index in [1.807, 2.05) is 24.3 Å². The number of hydrogen-bond donors (Lipinski definition) is 2. The van der Waals surface area contributed by atoms with E-state index >= 15 is 0 Å². The summed E-state index contributed by atoms with van der Waals surface area (Å²) >= 11 is 0. The topological polar surface area (TPSA) is 95.4 Å². The lowest BCUT2D eigenvalue weighted by atomic mass is 9.91. The minimum atomic E-state index is -0.722. The van der Waals surface area contributed by atoms with Crippen molar-refractivity contribution < 1.29 is 14.7 Å². The number of carboxylic acid groups (broad SMARTS) is 1. The van der Waals surface area contributed by atoms with E-state index in [1.165, 1.54) is 4.57 Å². The fourth-order valence-electron chi connectivity index (χ4n) is 3.95. The molecule has 1 atom stereocenters. The van der Waals surface area contributed by atoms with Crippen LogP contribution in [0, 0.1) is 11.3 Å². The van der Waals surface area contributed by atoms with E-state index in [2.05, 4.69) is 4.98 Å². The molecular formula is C17H19N3O4. The number of rotatable bonds is 3. The van der Waals surface area contributed by atoms with Crippen LogP contribution in [0.2, 0.25) is 0 Å². The van der Waals surface area contributed by atoms with E-state index in [1.54, 1.807) is 4.90 Å². The van der Waals surface area contributed by atoms with Crippen molar-refractivity contribution in [3.8, 4) is 0 Å².